The minimum atomic E-state index is 0.132. The standard InChI is InChI=1S/C22H19NO/c1-14(24)17-8-4-15-6-10-19-20(23-12-2-3-13-23)11-7-16-5-9-18(17)21(15)22(16)19/h4-11H,2-3,12-13H2,1H3. The third-order valence-electron chi connectivity index (χ3n) is 5.47. The number of nitrogens with zero attached hydrogens (tertiary/aromatic N) is 1. The van der Waals surface area contributed by atoms with Crippen molar-refractivity contribution >= 4 is 43.8 Å². The average molecular weight is 313 g/mol. The van der Waals surface area contributed by atoms with E-state index in [9.17, 15) is 4.79 Å². The maximum Gasteiger partial charge on any atom is 0.160 e. The lowest BCUT2D eigenvalue weighted by molar-refractivity contribution is 0.101. The van der Waals surface area contributed by atoms with Crippen LogP contribution in [0.1, 0.15) is 30.1 Å². The minimum absolute atomic E-state index is 0.132. The molecule has 0 radical (unpaired) electrons. The van der Waals surface area contributed by atoms with E-state index in [1.54, 1.807) is 6.92 Å². The zero-order chi connectivity index (χ0) is 16.3. The Morgan fingerprint density at radius 3 is 2.08 bits per heavy atom. The molecule has 5 rings (SSSR count). The van der Waals surface area contributed by atoms with E-state index in [0.29, 0.717) is 0 Å². The molecule has 1 fully saturated rings. The van der Waals surface area contributed by atoms with Crippen molar-refractivity contribution in [3.05, 3.63) is 54.1 Å². The molecule has 0 unspecified atom stereocenters. The Morgan fingerprint density at radius 2 is 1.38 bits per heavy atom. The van der Waals surface area contributed by atoms with Crippen molar-refractivity contribution in [2.24, 2.45) is 0 Å². The van der Waals surface area contributed by atoms with Gasteiger partial charge in [0.25, 0.3) is 0 Å². The molecule has 1 aliphatic rings. The Kier molecular flexibility index (Phi) is 2.84. The van der Waals surface area contributed by atoms with Crippen molar-refractivity contribution in [2.75, 3.05) is 18.0 Å². The summed E-state index contributed by atoms with van der Waals surface area (Å²) in [5, 5.41) is 7.40. The van der Waals surface area contributed by atoms with Crippen LogP contribution in [0.25, 0.3) is 32.3 Å². The molecule has 0 amide bonds. The predicted molar refractivity (Wildman–Crippen MR) is 102 cm³/mol. The van der Waals surface area contributed by atoms with Crippen LogP contribution in [0.15, 0.2) is 48.5 Å². The summed E-state index contributed by atoms with van der Waals surface area (Å²) < 4.78 is 0. The lowest BCUT2D eigenvalue weighted by atomic mass is 9.90. The van der Waals surface area contributed by atoms with Crippen molar-refractivity contribution in [3.63, 3.8) is 0 Å². The van der Waals surface area contributed by atoms with Gasteiger partial charge in [0.05, 0.1) is 0 Å². The van der Waals surface area contributed by atoms with Crippen LogP contribution in [0.5, 0.6) is 0 Å². The number of hydrogen-bond acceptors (Lipinski definition) is 2. The summed E-state index contributed by atoms with van der Waals surface area (Å²) in [5.41, 5.74) is 2.16. The van der Waals surface area contributed by atoms with Crippen LogP contribution in [0.3, 0.4) is 0 Å². The summed E-state index contributed by atoms with van der Waals surface area (Å²) in [6.45, 7) is 3.94. The van der Waals surface area contributed by atoms with Gasteiger partial charge in [-0.15, -0.1) is 0 Å². The Bertz CT molecular complexity index is 1090. The summed E-state index contributed by atoms with van der Waals surface area (Å²) in [7, 11) is 0. The molecule has 0 spiro atoms. The van der Waals surface area contributed by atoms with Crippen LogP contribution >= 0.6 is 0 Å². The summed E-state index contributed by atoms with van der Waals surface area (Å²) in [4.78, 5) is 14.6. The Labute approximate surface area is 141 Å². The maximum atomic E-state index is 12.1. The number of carbonyl (C=O) groups excluding carboxylic acids is 1. The highest BCUT2D eigenvalue weighted by atomic mass is 16.1. The van der Waals surface area contributed by atoms with Gasteiger partial charge in [-0.25, -0.2) is 0 Å². The van der Waals surface area contributed by atoms with Gasteiger partial charge in [-0.1, -0.05) is 42.5 Å². The van der Waals surface area contributed by atoms with Crippen LogP contribution in [-0.4, -0.2) is 18.9 Å². The first kappa shape index (κ1) is 13.8. The van der Waals surface area contributed by atoms with Crippen molar-refractivity contribution in [1.29, 1.82) is 0 Å². The summed E-state index contributed by atoms with van der Waals surface area (Å²) in [6.07, 6.45) is 2.55. The molecule has 4 aromatic carbocycles. The first-order chi connectivity index (χ1) is 11.7. The fourth-order valence-electron chi connectivity index (χ4n) is 4.33. The Hall–Kier alpha value is -2.61. The SMILES string of the molecule is CC(=O)c1ccc2ccc3c(N4CCCC4)ccc4ccc1c2c43. The van der Waals surface area contributed by atoms with Gasteiger partial charge in [0, 0.05) is 29.7 Å². The molecule has 0 aliphatic carbocycles. The van der Waals surface area contributed by atoms with Crippen LogP contribution in [0.2, 0.25) is 0 Å². The van der Waals surface area contributed by atoms with Crippen molar-refractivity contribution in [3.8, 4) is 0 Å². The zero-order valence-electron chi connectivity index (χ0n) is 13.8. The van der Waals surface area contributed by atoms with Crippen LogP contribution in [-0.2, 0) is 0 Å². The molecule has 4 aromatic rings. The molecule has 0 bridgehead atoms. The first-order valence-electron chi connectivity index (χ1n) is 8.70. The molecule has 1 heterocycles. The summed E-state index contributed by atoms with van der Waals surface area (Å²) in [5.74, 6) is 0.132. The zero-order valence-corrected chi connectivity index (χ0v) is 13.8. The molecule has 0 N–H and O–H groups in total. The summed E-state index contributed by atoms with van der Waals surface area (Å²) in [6, 6.07) is 17.3. The molecule has 2 heteroatoms. The first-order valence-corrected chi connectivity index (χ1v) is 8.70. The monoisotopic (exact) mass is 313 g/mol. The van der Waals surface area contributed by atoms with E-state index in [2.05, 4.69) is 47.4 Å². The second kappa shape index (κ2) is 4.94. The molecule has 0 saturated carbocycles. The molecule has 1 aliphatic heterocycles. The van der Waals surface area contributed by atoms with E-state index in [1.165, 1.54) is 45.5 Å². The van der Waals surface area contributed by atoms with E-state index >= 15 is 0 Å². The van der Waals surface area contributed by atoms with E-state index in [-0.39, 0.29) is 5.78 Å². The molecule has 0 aromatic heterocycles. The number of rotatable bonds is 2. The van der Waals surface area contributed by atoms with Gasteiger partial charge in [0.2, 0.25) is 0 Å². The predicted octanol–water partition coefficient (Wildman–Crippen LogP) is 5.39. The topological polar surface area (TPSA) is 20.3 Å². The van der Waals surface area contributed by atoms with Crippen molar-refractivity contribution < 1.29 is 4.79 Å². The van der Waals surface area contributed by atoms with Crippen LogP contribution in [0, 0.1) is 0 Å². The molecule has 118 valence electrons. The summed E-state index contributed by atoms with van der Waals surface area (Å²) >= 11 is 0. The number of benzene rings is 4. The van der Waals surface area contributed by atoms with Gasteiger partial charge in [0.1, 0.15) is 0 Å². The second-order valence-electron chi connectivity index (χ2n) is 6.87. The van der Waals surface area contributed by atoms with Gasteiger partial charge in [-0.05, 0) is 52.8 Å². The molecule has 2 nitrogen and oxygen atoms in total. The lowest BCUT2D eigenvalue weighted by Gasteiger charge is -2.22. The van der Waals surface area contributed by atoms with E-state index < -0.39 is 0 Å². The van der Waals surface area contributed by atoms with Crippen LogP contribution in [0.4, 0.5) is 5.69 Å². The van der Waals surface area contributed by atoms with Gasteiger partial charge in [-0.2, -0.15) is 0 Å². The normalized spacial score (nSPS) is 15.1. The lowest BCUT2D eigenvalue weighted by Crippen LogP contribution is -2.17. The Balaban J connectivity index is 1.95. The molecule has 0 atom stereocenters. The van der Waals surface area contributed by atoms with Crippen LogP contribution < -0.4 is 4.90 Å². The Morgan fingerprint density at radius 1 is 0.792 bits per heavy atom. The van der Waals surface area contributed by atoms with E-state index in [1.807, 2.05) is 6.07 Å². The molecular weight excluding hydrogens is 294 g/mol. The number of Topliss-reactive ketones (excluding diaryl/α,β-unsaturated/α-hetero) is 1. The average Bonchev–Trinajstić information content (AvgIpc) is 3.13. The van der Waals surface area contributed by atoms with E-state index in [0.717, 1.165) is 24.0 Å². The van der Waals surface area contributed by atoms with Gasteiger partial charge in [-0.3, -0.25) is 4.79 Å². The number of hydrogen-bond donors (Lipinski definition) is 0. The third kappa shape index (κ3) is 1.80. The second-order valence-corrected chi connectivity index (χ2v) is 6.87. The maximum absolute atomic E-state index is 12.1. The fraction of sp³-hybridized carbons (Fsp3) is 0.227. The van der Waals surface area contributed by atoms with E-state index in [4.69, 9.17) is 0 Å². The highest BCUT2D eigenvalue weighted by molar-refractivity contribution is 6.28. The highest BCUT2D eigenvalue weighted by Crippen LogP contribution is 2.40. The van der Waals surface area contributed by atoms with Crippen molar-refractivity contribution in [2.45, 2.75) is 19.8 Å². The van der Waals surface area contributed by atoms with Gasteiger partial charge >= 0.3 is 0 Å². The molecule has 24 heavy (non-hydrogen) atoms. The number of anilines is 1. The fourth-order valence-corrected chi connectivity index (χ4v) is 4.33. The van der Waals surface area contributed by atoms with Crippen molar-refractivity contribution in [1.82, 2.24) is 0 Å². The third-order valence-corrected chi connectivity index (χ3v) is 5.47. The largest absolute Gasteiger partial charge is 0.371 e. The van der Waals surface area contributed by atoms with Gasteiger partial charge < -0.3 is 4.90 Å². The molecular formula is C22H19NO. The highest BCUT2D eigenvalue weighted by Gasteiger charge is 2.18. The minimum Gasteiger partial charge on any atom is -0.371 e. The number of carbonyl (C=O) groups is 1. The smallest absolute Gasteiger partial charge is 0.160 e. The quantitative estimate of drug-likeness (QED) is 0.365. The molecule has 1 saturated heterocycles. The number of ketones is 1. The van der Waals surface area contributed by atoms with Gasteiger partial charge in [0.15, 0.2) is 5.78 Å².